The number of piperidine rings is 1. The van der Waals surface area contributed by atoms with Crippen LogP contribution >= 0.6 is 23.7 Å². The van der Waals surface area contributed by atoms with Gasteiger partial charge in [0.25, 0.3) is 0 Å². The van der Waals surface area contributed by atoms with Crippen molar-refractivity contribution in [3.63, 3.8) is 0 Å². The highest BCUT2D eigenvalue weighted by molar-refractivity contribution is 7.10. The Balaban J connectivity index is 0.00000162. The van der Waals surface area contributed by atoms with Gasteiger partial charge >= 0.3 is 0 Å². The van der Waals surface area contributed by atoms with Crippen LogP contribution in [0, 0.1) is 5.92 Å². The maximum atomic E-state index is 12.0. The summed E-state index contributed by atoms with van der Waals surface area (Å²) in [5, 5.41) is 8.45. The first-order valence-corrected chi connectivity index (χ1v) is 7.17. The standard InChI is InChI=1S/C13H20N2OS.ClH/c1-10(12-5-3-7-17-12)13(16)15-9-11-4-2-6-14-8-11;/h3,5,7,10-11,14H,2,4,6,8-9H2,1H3,(H,15,16);1H. The lowest BCUT2D eigenvalue weighted by molar-refractivity contribution is -0.122. The minimum Gasteiger partial charge on any atom is -0.355 e. The third kappa shape index (κ3) is 4.26. The number of nitrogens with one attached hydrogen (secondary N) is 2. The molecule has 2 atom stereocenters. The van der Waals surface area contributed by atoms with Crippen LogP contribution in [-0.2, 0) is 4.79 Å². The summed E-state index contributed by atoms with van der Waals surface area (Å²) in [6.07, 6.45) is 2.45. The molecule has 2 rings (SSSR count). The highest BCUT2D eigenvalue weighted by Gasteiger charge is 2.18. The molecule has 1 saturated heterocycles. The number of carbonyl (C=O) groups excluding carboxylic acids is 1. The average Bonchev–Trinajstić information content (AvgIpc) is 2.90. The largest absolute Gasteiger partial charge is 0.355 e. The van der Waals surface area contributed by atoms with Crippen LogP contribution in [0.15, 0.2) is 17.5 Å². The van der Waals surface area contributed by atoms with E-state index >= 15 is 0 Å². The topological polar surface area (TPSA) is 41.1 Å². The van der Waals surface area contributed by atoms with Crippen molar-refractivity contribution in [2.75, 3.05) is 19.6 Å². The zero-order chi connectivity index (χ0) is 12.1. The maximum Gasteiger partial charge on any atom is 0.228 e. The zero-order valence-corrected chi connectivity index (χ0v) is 12.3. The van der Waals surface area contributed by atoms with Crippen molar-refractivity contribution in [1.29, 1.82) is 0 Å². The van der Waals surface area contributed by atoms with Crippen molar-refractivity contribution in [2.24, 2.45) is 5.92 Å². The van der Waals surface area contributed by atoms with Gasteiger partial charge < -0.3 is 10.6 Å². The van der Waals surface area contributed by atoms with Gasteiger partial charge in [0.1, 0.15) is 0 Å². The van der Waals surface area contributed by atoms with Crippen LogP contribution in [-0.4, -0.2) is 25.5 Å². The summed E-state index contributed by atoms with van der Waals surface area (Å²) in [4.78, 5) is 13.1. The summed E-state index contributed by atoms with van der Waals surface area (Å²) in [7, 11) is 0. The van der Waals surface area contributed by atoms with Gasteiger partial charge in [-0.25, -0.2) is 0 Å². The molecule has 102 valence electrons. The molecule has 1 amide bonds. The van der Waals surface area contributed by atoms with E-state index in [2.05, 4.69) is 10.6 Å². The summed E-state index contributed by atoms with van der Waals surface area (Å²) in [6, 6.07) is 4.02. The molecule has 18 heavy (non-hydrogen) atoms. The van der Waals surface area contributed by atoms with Gasteiger partial charge in [0, 0.05) is 11.4 Å². The molecular formula is C13H21ClN2OS. The van der Waals surface area contributed by atoms with E-state index in [1.165, 1.54) is 12.8 Å². The maximum absolute atomic E-state index is 12.0. The summed E-state index contributed by atoms with van der Waals surface area (Å²) in [6.45, 7) is 4.94. The second-order valence-corrected chi connectivity index (χ2v) is 5.67. The van der Waals surface area contributed by atoms with E-state index in [-0.39, 0.29) is 24.2 Å². The molecule has 1 aliphatic rings. The Morgan fingerprint density at radius 3 is 3.11 bits per heavy atom. The molecule has 3 nitrogen and oxygen atoms in total. The van der Waals surface area contributed by atoms with Crippen molar-refractivity contribution >= 4 is 29.7 Å². The molecule has 0 aromatic carbocycles. The molecule has 1 fully saturated rings. The highest BCUT2D eigenvalue weighted by atomic mass is 35.5. The molecule has 1 aromatic rings. The lowest BCUT2D eigenvalue weighted by Gasteiger charge is -2.23. The molecular weight excluding hydrogens is 268 g/mol. The third-order valence-corrected chi connectivity index (χ3v) is 4.38. The number of hydrogen-bond donors (Lipinski definition) is 2. The van der Waals surface area contributed by atoms with Crippen molar-refractivity contribution in [3.05, 3.63) is 22.4 Å². The van der Waals surface area contributed by atoms with Crippen LogP contribution in [0.1, 0.15) is 30.6 Å². The second kappa shape index (κ2) is 7.77. The fourth-order valence-electron chi connectivity index (χ4n) is 2.16. The summed E-state index contributed by atoms with van der Waals surface area (Å²) in [5.41, 5.74) is 0. The predicted octanol–water partition coefficient (Wildman–Crippen LogP) is 2.39. The van der Waals surface area contributed by atoms with Gasteiger partial charge in [0.15, 0.2) is 0 Å². The Labute approximate surface area is 119 Å². The Bertz CT molecular complexity index is 350. The zero-order valence-electron chi connectivity index (χ0n) is 10.6. The van der Waals surface area contributed by atoms with Crippen LogP contribution in [0.5, 0.6) is 0 Å². The van der Waals surface area contributed by atoms with Crippen LogP contribution < -0.4 is 10.6 Å². The molecule has 0 aliphatic carbocycles. The number of amides is 1. The van der Waals surface area contributed by atoms with Gasteiger partial charge in [-0.15, -0.1) is 23.7 Å². The second-order valence-electron chi connectivity index (χ2n) is 4.69. The van der Waals surface area contributed by atoms with Gasteiger partial charge in [-0.3, -0.25) is 4.79 Å². The van der Waals surface area contributed by atoms with Crippen molar-refractivity contribution in [3.8, 4) is 0 Å². The Kier molecular flexibility index (Phi) is 6.68. The minimum absolute atomic E-state index is 0. The van der Waals surface area contributed by atoms with Crippen LogP contribution in [0.3, 0.4) is 0 Å². The lowest BCUT2D eigenvalue weighted by Crippen LogP contribution is -2.39. The SMILES string of the molecule is CC(C(=O)NCC1CCCNC1)c1cccs1.Cl. The van der Waals surface area contributed by atoms with Crippen LogP contribution in [0.4, 0.5) is 0 Å². The molecule has 1 aliphatic heterocycles. The summed E-state index contributed by atoms with van der Waals surface area (Å²) >= 11 is 1.65. The summed E-state index contributed by atoms with van der Waals surface area (Å²) < 4.78 is 0. The van der Waals surface area contributed by atoms with E-state index in [9.17, 15) is 4.79 Å². The highest BCUT2D eigenvalue weighted by Crippen LogP contribution is 2.20. The monoisotopic (exact) mass is 288 g/mol. The Morgan fingerprint density at radius 2 is 2.50 bits per heavy atom. The molecule has 1 aromatic heterocycles. The number of carbonyl (C=O) groups is 1. The molecule has 0 bridgehead atoms. The Hall–Kier alpha value is -0.580. The molecule has 2 unspecified atom stereocenters. The van der Waals surface area contributed by atoms with E-state index < -0.39 is 0 Å². The molecule has 0 saturated carbocycles. The minimum atomic E-state index is -0.0217. The molecule has 2 heterocycles. The first-order chi connectivity index (χ1) is 8.27. The molecule has 0 radical (unpaired) electrons. The first kappa shape index (κ1) is 15.5. The molecule has 2 N–H and O–H groups in total. The lowest BCUT2D eigenvalue weighted by atomic mass is 9.99. The predicted molar refractivity (Wildman–Crippen MR) is 78.6 cm³/mol. The van der Waals surface area contributed by atoms with Crippen molar-refractivity contribution in [2.45, 2.75) is 25.7 Å². The normalized spacial score (nSPS) is 20.8. The van der Waals surface area contributed by atoms with Crippen molar-refractivity contribution in [1.82, 2.24) is 10.6 Å². The molecule has 0 spiro atoms. The van der Waals surface area contributed by atoms with E-state index in [4.69, 9.17) is 0 Å². The van der Waals surface area contributed by atoms with Gasteiger partial charge in [0.05, 0.1) is 5.92 Å². The average molecular weight is 289 g/mol. The number of thiophene rings is 1. The smallest absolute Gasteiger partial charge is 0.228 e. The number of hydrogen-bond acceptors (Lipinski definition) is 3. The first-order valence-electron chi connectivity index (χ1n) is 6.29. The number of halogens is 1. The number of rotatable bonds is 4. The van der Waals surface area contributed by atoms with Gasteiger partial charge in [-0.05, 0) is 50.2 Å². The fraction of sp³-hybridized carbons (Fsp3) is 0.615. The van der Waals surface area contributed by atoms with E-state index in [1.807, 2.05) is 24.4 Å². The van der Waals surface area contributed by atoms with Crippen LogP contribution in [0.2, 0.25) is 0 Å². The van der Waals surface area contributed by atoms with Gasteiger partial charge in [-0.2, -0.15) is 0 Å². The van der Waals surface area contributed by atoms with Crippen molar-refractivity contribution < 1.29 is 4.79 Å². The Morgan fingerprint density at radius 1 is 1.67 bits per heavy atom. The van der Waals surface area contributed by atoms with E-state index in [1.54, 1.807) is 11.3 Å². The van der Waals surface area contributed by atoms with E-state index in [0.717, 1.165) is 24.5 Å². The van der Waals surface area contributed by atoms with Gasteiger partial charge in [-0.1, -0.05) is 6.07 Å². The third-order valence-electron chi connectivity index (χ3n) is 3.33. The quantitative estimate of drug-likeness (QED) is 0.893. The van der Waals surface area contributed by atoms with E-state index in [0.29, 0.717) is 5.92 Å². The van der Waals surface area contributed by atoms with Crippen LogP contribution in [0.25, 0.3) is 0 Å². The van der Waals surface area contributed by atoms with Gasteiger partial charge in [0.2, 0.25) is 5.91 Å². The fourth-order valence-corrected chi connectivity index (χ4v) is 2.95. The molecule has 5 heteroatoms. The summed E-state index contributed by atoms with van der Waals surface area (Å²) in [5.74, 6) is 0.729.